The maximum atomic E-state index is 13.9. The molecule has 3 N–H and O–H groups in total. The summed E-state index contributed by atoms with van der Waals surface area (Å²) < 4.78 is 13.9. The number of aliphatic carboxylic acids is 1. The number of halogens is 1. The van der Waals surface area contributed by atoms with Crippen LogP contribution >= 0.6 is 0 Å². The van der Waals surface area contributed by atoms with Gasteiger partial charge in [-0.3, -0.25) is 4.79 Å². The van der Waals surface area contributed by atoms with Crippen LogP contribution in [0, 0.1) is 19.7 Å². The van der Waals surface area contributed by atoms with Gasteiger partial charge in [0.25, 0.3) is 0 Å². The molecule has 4 heteroatoms. The van der Waals surface area contributed by atoms with E-state index in [4.69, 9.17) is 10.8 Å². The summed E-state index contributed by atoms with van der Waals surface area (Å²) in [6, 6.07) is 2.07. The van der Waals surface area contributed by atoms with Crippen LogP contribution in [0.2, 0.25) is 0 Å². The topological polar surface area (TPSA) is 63.3 Å². The van der Waals surface area contributed by atoms with Crippen LogP contribution in [-0.4, -0.2) is 17.1 Å². The minimum absolute atomic E-state index is 0.345. The van der Waals surface area contributed by atoms with Crippen LogP contribution < -0.4 is 5.73 Å². The first-order valence-electron chi connectivity index (χ1n) is 5.65. The Kier molecular flexibility index (Phi) is 2.70. The molecule has 0 spiro atoms. The van der Waals surface area contributed by atoms with Crippen molar-refractivity contribution in [1.29, 1.82) is 0 Å². The normalized spacial score (nSPS) is 18.8. The van der Waals surface area contributed by atoms with Crippen molar-refractivity contribution in [3.05, 3.63) is 34.6 Å². The van der Waals surface area contributed by atoms with Crippen LogP contribution in [0.5, 0.6) is 0 Å². The molecule has 1 aliphatic rings. The average Bonchev–Trinajstić information content (AvgIpc) is 3.04. The predicted octanol–water partition coefficient (Wildman–Crippen LogP) is 1.89. The number of aryl methyl sites for hydroxylation is 1. The van der Waals surface area contributed by atoms with Crippen molar-refractivity contribution in [3.8, 4) is 0 Å². The number of hydrogen-bond donors (Lipinski definition) is 2. The van der Waals surface area contributed by atoms with E-state index in [0.29, 0.717) is 18.4 Å². The van der Waals surface area contributed by atoms with Crippen LogP contribution in [0.4, 0.5) is 4.39 Å². The third-order valence-electron chi connectivity index (χ3n) is 3.83. The number of carboxylic acid groups (broad SMARTS) is 1. The number of carboxylic acids is 1. The third-order valence-corrected chi connectivity index (χ3v) is 3.83. The maximum Gasteiger partial charge on any atom is 0.321 e. The highest BCUT2D eigenvalue weighted by atomic mass is 19.1. The molecule has 0 aliphatic heterocycles. The highest BCUT2D eigenvalue weighted by Gasteiger charge is 2.54. The minimum atomic E-state index is -1.07. The molecule has 17 heavy (non-hydrogen) atoms. The minimum Gasteiger partial charge on any atom is -0.480 e. The van der Waals surface area contributed by atoms with E-state index < -0.39 is 17.4 Å². The fourth-order valence-electron chi connectivity index (χ4n) is 2.48. The highest BCUT2D eigenvalue weighted by molar-refractivity contribution is 5.77. The Bertz CT molecular complexity index is 481. The zero-order valence-electron chi connectivity index (χ0n) is 9.96. The van der Waals surface area contributed by atoms with Crippen molar-refractivity contribution >= 4 is 5.97 Å². The number of carbonyl (C=O) groups is 1. The quantitative estimate of drug-likeness (QED) is 0.843. The summed E-state index contributed by atoms with van der Waals surface area (Å²) in [6.07, 6.45) is 1.28. The molecule has 1 aromatic carbocycles. The standard InChI is InChI=1S/C13H16FNO2/c1-7-3-4-9(14)10(8(7)2)13(5-6-13)11(15)12(16)17/h3-4,11H,5-6,15H2,1-2H3,(H,16,17). The Hall–Kier alpha value is -1.42. The Labute approximate surface area is 99.4 Å². The number of hydrogen-bond acceptors (Lipinski definition) is 2. The van der Waals surface area contributed by atoms with Gasteiger partial charge < -0.3 is 10.8 Å². The van der Waals surface area contributed by atoms with E-state index in [0.717, 1.165) is 11.1 Å². The van der Waals surface area contributed by atoms with Gasteiger partial charge in [-0.2, -0.15) is 0 Å². The van der Waals surface area contributed by atoms with E-state index in [1.807, 2.05) is 13.8 Å². The molecular formula is C13H16FNO2. The van der Waals surface area contributed by atoms with Gasteiger partial charge in [-0.05, 0) is 49.4 Å². The Balaban J connectivity index is 2.55. The second kappa shape index (κ2) is 3.81. The zero-order valence-corrected chi connectivity index (χ0v) is 9.96. The lowest BCUT2D eigenvalue weighted by Crippen LogP contribution is -2.42. The van der Waals surface area contributed by atoms with Crippen LogP contribution in [-0.2, 0) is 10.2 Å². The van der Waals surface area contributed by atoms with Crippen molar-refractivity contribution < 1.29 is 14.3 Å². The summed E-state index contributed by atoms with van der Waals surface area (Å²) in [4.78, 5) is 11.0. The largest absolute Gasteiger partial charge is 0.480 e. The number of rotatable bonds is 3. The second-order valence-electron chi connectivity index (χ2n) is 4.84. The summed E-state index contributed by atoms with van der Waals surface area (Å²) in [7, 11) is 0. The fraction of sp³-hybridized carbons (Fsp3) is 0.462. The Morgan fingerprint density at radius 1 is 1.47 bits per heavy atom. The molecule has 0 amide bonds. The molecule has 3 nitrogen and oxygen atoms in total. The first-order valence-corrected chi connectivity index (χ1v) is 5.65. The van der Waals surface area contributed by atoms with Crippen LogP contribution in [0.3, 0.4) is 0 Å². The van der Waals surface area contributed by atoms with Gasteiger partial charge in [0, 0.05) is 5.41 Å². The van der Waals surface area contributed by atoms with Gasteiger partial charge in [0.15, 0.2) is 0 Å². The van der Waals surface area contributed by atoms with Crippen molar-refractivity contribution in [1.82, 2.24) is 0 Å². The van der Waals surface area contributed by atoms with Gasteiger partial charge in [0.2, 0.25) is 0 Å². The molecule has 0 heterocycles. The van der Waals surface area contributed by atoms with Crippen LogP contribution in [0.1, 0.15) is 29.5 Å². The van der Waals surface area contributed by atoms with E-state index in [1.165, 1.54) is 6.07 Å². The van der Waals surface area contributed by atoms with Gasteiger partial charge in [0.1, 0.15) is 11.9 Å². The zero-order chi connectivity index (χ0) is 12.8. The smallest absolute Gasteiger partial charge is 0.321 e. The lowest BCUT2D eigenvalue weighted by molar-refractivity contribution is -0.139. The molecule has 1 saturated carbocycles. The highest BCUT2D eigenvalue weighted by Crippen LogP contribution is 2.52. The van der Waals surface area contributed by atoms with Gasteiger partial charge in [-0.1, -0.05) is 6.07 Å². The lowest BCUT2D eigenvalue weighted by atomic mass is 9.84. The van der Waals surface area contributed by atoms with E-state index in [9.17, 15) is 9.18 Å². The molecule has 92 valence electrons. The summed E-state index contributed by atoms with van der Waals surface area (Å²) >= 11 is 0. The molecule has 1 atom stereocenters. The molecule has 1 aliphatic carbocycles. The molecule has 0 bridgehead atoms. The molecule has 1 aromatic rings. The predicted molar refractivity (Wildman–Crippen MR) is 62.4 cm³/mol. The van der Waals surface area contributed by atoms with E-state index in [2.05, 4.69) is 0 Å². The molecule has 0 radical (unpaired) electrons. The summed E-state index contributed by atoms with van der Waals surface area (Å²) in [5.41, 5.74) is 7.28. The molecule has 2 rings (SSSR count). The lowest BCUT2D eigenvalue weighted by Gasteiger charge is -2.23. The van der Waals surface area contributed by atoms with Crippen LogP contribution in [0.15, 0.2) is 12.1 Å². The van der Waals surface area contributed by atoms with E-state index >= 15 is 0 Å². The van der Waals surface area contributed by atoms with Crippen molar-refractivity contribution in [2.75, 3.05) is 0 Å². The van der Waals surface area contributed by atoms with Crippen molar-refractivity contribution in [2.24, 2.45) is 5.73 Å². The molecular weight excluding hydrogens is 221 g/mol. The van der Waals surface area contributed by atoms with Crippen molar-refractivity contribution in [2.45, 2.75) is 38.1 Å². The summed E-state index contributed by atoms with van der Waals surface area (Å²) in [6.45, 7) is 3.71. The first-order chi connectivity index (χ1) is 7.90. The Morgan fingerprint density at radius 3 is 2.53 bits per heavy atom. The SMILES string of the molecule is Cc1ccc(F)c(C2(C(N)C(=O)O)CC2)c1C. The van der Waals surface area contributed by atoms with Crippen LogP contribution in [0.25, 0.3) is 0 Å². The van der Waals surface area contributed by atoms with Gasteiger partial charge in [-0.15, -0.1) is 0 Å². The van der Waals surface area contributed by atoms with Crippen molar-refractivity contribution in [3.63, 3.8) is 0 Å². The molecule has 0 saturated heterocycles. The second-order valence-corrected chi connectivity index (χ2v) is 4.84. The summed E-state index contributed by atoms with van der Waals surface area (Å²) in [5, 5.41) is 9.02. The van der Waals surface area contributed by atoms with E-state index in [-0.39, 0.29) is 5.82 Å². The van der Waals surface area contributed by atoms with Gasteiger partial charge in [-0.25, -0.2) is 4.39 Å². The average molecular weight is 237 g/mol. The molecule has 0 aromatic heterocycles. The van der Waals surface area contributed by atoms with Gasteiger partial charge in [0.05, 0.1) is 0 Å². The van der Waals surface area contributed by atoms with E-state index in [1.54, 1.807) is 6.07 Å². The molecule has 1 fully saturated rings. The molecule has 1 unspecified atom stereocenters. The maximum absolute atomic E-state index is 13.9. The number of nitrogens with two attached hydrogens (primary N) is 1. The number of benzene rings is 1. The first kappa shape index (κ1) is 12.0. The fourth-order valence-corrected chi connectivity index (χ4v) is 2.48. The summed E-state index contributed by atoms with van der Waals surface area (Å²) in [5.74, 6) is -1.41. The monoisotopic (exact) mass is 237 g/mol. The Morgan fingerprint density at radius 2 is 2.06 bits per heavy atom. The third kappa shape index (κ3) is 1.72. The van der Waals surface area contributed by atoms with Gasteiger partial charge >= 0.3 is 5.97 Å².